The first kappa shape index (κ1) is 17.9. The second-order valence-corrected chi connectivity index (χ2v) is 6.51. The number of fused-ring (bicyclic) bond motifs is 1. The van der Waals surface area contributed by atoms with Crippen LogP contribution in [-0.2, 0) is 9.53 Å². The van der Waals surface area contributed by atoms with E-state index in [9.17, 15) is 22.8 Å². The van der Waals surface area contributed by atoms with Gasteiger partial charge in [-0.2, -0.15) is 0 Å². The van der Waals surface area contributed by atoms with Gasteiger partial charge in [-0.25, -0.2) is 18.0 Å². The van der Waals surface area contributed by atoms with Gasteiger partial charge in [-0.05, 0) is 37.3 Å². The Hall–Kier alpha value is -2.87. The lowest BCUT2D eigenvalue weighted by molar-refractivity contribution is -0.123. The van der Waals surface area contributed by atoms with E-state index < -0.39 is 35.4 Å². The van der Waals surface area contributed by atoms with Gasteiger partial charge in [0.15, 0.2) is 6.10 Å². The molecule has 26 heavy (non-hydrogen) atoms. The fourth-order valence-corrected chi connectivity index (χ4v) is 3.18. The van der Waals surface area contributed by atoms with Crippen molar-refractivity contribution in [3.05, 3.63) is 64.8 Å². The van der Waals surface area contributed by atoms with Gasteiger partial charge < -0.3 is 10.1 Å². The topological polar surface area (TPSA) is 55.4 Å². The van der Waals surface area contributed by atoms with Crippen LogP contribution in [0.1, 0.15) is 16.6 Å². The molecule has 2 aromatic carbocycles. The number of carbonyl (C=O) groups excluding carboxylic acids is 2. The van der Waals surface area contributed by atoms with Gasteiger partial charge in [-0.1, -0.05) is 6.07 Å². The van der Waals surface area contributed by atoms with Crippen LogP contribution in [-0.4, -0.2) is 18.0 Å². The molecule has 1 aromatic heterocycles. The summed E-state index contributed by atoms with van der Waals surface area (Å²) in [7, 11) is 0. The summed E-state index contributed by atoms with van der Waals surface area (Å²) in [5.74, 6) is -3.65. The molecule has 0 unspecified atom stereocenters. The van der Waals surface area contributed by atoms with Crippen LogP contribution in [0.4, 0.5) is 18.9 Å². The molecule has 134 valence electrons. The van der Waals surface area contributed by atoms with Crippen LogP contribution in [0.15, 0.2) is 42.5 Å². The molecule has 0 fully saturated rings. The molecule has 8 heteroatoms. The van der Waals surface area contributed by atoms with E-state index in [1.165, 1.54) is 25.1 Å². The summed E-state index contributed by atoms with van der Waals surface area (Å²) in [6.45, 7) is 1.29. The maximum atomic E-state index is 13.7. The number of anilines is 1. The van der Waals surface area contributed by atoms with E-state index in [-0.39, 0.29) is 16.0 Å². The van der Waals surface area contributed by atoms with Gasteiger partial charge in [-0.3, -0.25) is 4.79 Å². The zero-order chi connectivity index (χ0) is 18.8. The van der Waals surface area contributed by atoms with Crippen molar-refractivity contribution in [1.82, 2.24) is 0 Å². The Morgan fingerprint density at radius 2 is 1.85 bits per heavy atom. The number of esters is 1. The number of benzene rings is 2. The molecule has 0 radical (unpaired) electrons. The van der Waals surface area contributed by atoms with E-state index in [2.05, 4.69) is 5.32 Å². The summed E-state index contributed by atoms with van der Waals surface area (Å²) in [6, 6.07) is 8.39. The summed E-state index contributed by atoms with van der Waals surface area (Å²) < 4.78 is 46.0. The number of ether oxygens (including phenoxy) is 1. The summed E-state index contributed by atoms with van der Waals surface area (Å²) in [5, 5.41) is 2.44. The smallest absolute Gasteiger partial charge is 0.349 e. The Kier molecular flexibility index (Phi) is 4.94. The van der Waals surface area contributed by atoms with Crippen molar-refractivity contribution < 1.29 is 27.5 Å². The molecule has 1 amide bonds. The second-order valence-electron chi connectivity index (χ2n) is 5.42. The fourth-order valence-electron chi connectivity index (χ4n) is 2.23. The van der Waals surface area contributed by atoms with Gasteiger partial charge in [0.05, 0.1) is 5.69 Å². The van der Waals surface area contributed by atoms with Crippen LogP contribution in [0.2, 0.25) is 0 Å². The number of rotatable bonds is 4. The predicted molar refractivity (Wildman–Crippen MR) is 91.6 cm³/mol. The number of hydrogen-bond donors (Lipinski definition) is 1. The third kappa shape index (κ3) is 3.70. The van der Waals surface area contributed by atoms with Gasteiger partial charge in [0.1, 0.15) is 22.3 Å². The molecule has 0 aliphatic carbocycles. The first-order chi connectivity index (χ1) is 12.3. The number of nitrogens with one attached hydrogen (secondary N) is 1. The highest BCUT2D eigenvalue weighted by atomic mass is 32.1. The van der Waals surface area contributed by atoms with E-state index >= 15 is 0 Å². The third-order valence-corrected chi connectivity index (χ3v) is 4.63. The Morgan fingerprint density at radius 1 is 1.08 bits per heavy atom. The molecule has 0 bridgehead atoms. The maximum Gasteiger partial charge on any atom is 0.349 e. The van der Waals surface area contributed by atoms with Crippen molar-refractivity contribution in [3.8, 4) is 0 Å². The summed E-state index contributed by atoms with van der Waals surface area (Å²) >= 11 is 1.03. The average Bonchev–Trinajstić information content (AvgIpc) is 3.04. The molecule has 0 saturated heterocycles. The molecular weight excluding hydrogens is 367 g/mol. The number of thiophene rings is 1. The second kappa shape index (κ2) is 7.17. The van der Waals surface area contributed by atoms with Gasteiger partial charge in [0, 0.05) is 16.2 Å². The molecule has 1 heterocycles. The quantitative estimate of drug-likeness (QED) is 0.679. The lowest BCUT2D eigenvalue weighted by Crippen LogP contribution is -2.30. The molecule has 0 saturated carbocycles. The van der Waals surface area contributed by atoms with Crippen molar-refractivity contribution >= 4 is 39.0 Å². The molecule has 4 nitrogen and oxygen atoms in total. The van der Waals surface area contributed by atoms with Gasteiger partial charge in [-0.15, -0.1) is 11.3 Å². The number of hydrogen-bond acceptors (Lipinski definition) is 4. The maximum absolute atomic E-state index is 13.7. The zero-order valence-corrected chi connectivity index (χ0v) is 14.2. The molecule has 0 aliphatic rings. The minimum Gasteiger partial charge on any atom is -0.448 e. The largest absolute Gasteiger partial charge is 0.448 e. The van der Waals surface area contributed by atoms with Crippen molar-refractivity contribution in [2.24, 2.45) is 0 Å². The number of halogens is 3. The molecule has 3 aromatic rings. The Bertz CT molecular complexity index is 1000. The first-order valence-corrected chi connectivity index (χ1v) is 8.32. The van der Waals surface area contributed by atoms with Gasteiger partial charge in [0.25, 0.3) is 5.91 Å². The van der Waals surface area contributed by atoms with Crippen molar-refractivity contribution in [2.45, 2.75) is 13.0 Å². The standard InChI is InChI=1S/C18H12F3NO3S/c1-9(17(23)22-14-7-10(19)5-6-13(14)21)25-18(24)16-8-11-12(20)3-2-4-15(11)26-16/h2-9H,1H3,(H,22,23)/t9-/m1/s1. The lowest BCUT2D eigenvalue weighted by atomic mass is 10.2. The molecule has 0 aliphatic heterocycles. The van der Waals surface area contributed by atoms with Crippen molar-refractivity contribution in [3.63, 3.8) is 0 Å². The zero-order valence-electron chi connectivity index (χ0n) is 13.4. The van der Waals surface area contributed by atoms with Crippen LogP contribution < -0.4 is 5.32 Å². The number of carbonyl (C=O) groups is 2. The minimum absolute atomic E-state index is 0.127. The van der Waals surface area contributed by atoms with E-state index in [4.69, 9.17) is 4.74 Å². The molecule has 3 rings (SSSR count). The van der Waals surface area contributed by atoms with E-state index in [0.717, 1.165) is 29.5 Å². The minimum atomic E-state index is -1.26. The Balaban J connectivity index is 1.70. The highest BCUT2D eigenvalue weighted by molar-refractivity contribution is 7.20. The van der Waals surface area contributed by atoms with Gasteiger partial charge >= 0.3 is 5.97 Å². The van der Waals surface area contributed by atoms with Crippen LogP contribution in [0.5, 0.6) is 0 Å². The van der Waals surface area contributed by atoms with Crippen molar-refractivity contribution in [1.29, 1.82) is 0 Å². The monoisotopic (exact) mass is 379 g/mol. The van der Waals surface area contributed by atoms with Gasteiger partial charge in [0.2, 0.25) is 0 Å². The SMILES string of the molecule is C[C@@H](OC(=O)c1cc2c(F)cccc2s1)C(=O)Nc1cc(F)ccc1F. The summed E-state index contributed by atoms with van der Waals surface area (Å²) in [4.78, 5) is 24.3. The lowest BCUT2D eigenvalue weighted by Gasteiger charge is -2.13. The molecule has 1 atom stereocenters. The highest BCUT2D eigenvalue weighted by Gasteiger charge is 2.22. The van der Waals surface area contributed by atoms with Crippen LogP contribution in [0.3, 0.4) is 0 Å². The number of amides is 1. The van der Waals surface area contributed by atoms with Crippen molar-refractivity contribution in [2.75, 3.05) is 5.32 Å². The van der Waals surface area contributed by atoms with Crippen LogP contribution in [0.25, 0.3) is 10.1 Å². The normalized spacial score (nSPS) is 12.0. The average molecular weight is 379 g/mol. The fraction of sp³-hybridized carbons (Fsp3) is 0.111. The first-order valence-electron chi connectivity index (χ1n) is 7.50. The van der Waals surface area contributed by atoms with Crippen LogP contribution in [0, 0.1) is 17.5 Å². The summed E-state index contributed by atoms with van der Waals surface area (Å²) in [6.07, 6.45) is -1.26. The summed E-state index contributed by atoms with van der Waals surface area (Å²) in [5.41, 5.74) is -0.359. The molecule has 1 N–H and O–H groups in total. The highest BCUT2D eigenvalue weighted by Crippen LogP contribution is 2.28. The van der Waals surface area contributed by atoms with E-state index in [0.29, 0.717) is 4.70 Å². The van der Waals surface area contributed by atoms with Crippen LogP contribution >= 0.6 is 11.3 Å². The molecule has 0 spiro atoms. The van der Waals surface area contributed by atoms with E-state index in [1.807, 2.05) is 0 Å². The predicted octanol–water partition coefficient (Wildman–Crippen LogP) is 4.50. The van der Waals surface area contributed by atoms with E-state index in [1.54, 1.807) is 6.07 Å². The Labute approximate surface area is 150 Å². The third-order valence-electron chi connectivity index (χ3n) is 3.55. The molecular formula is C18H12F3NO3S. The Morgan fingerprint density at radius 3 is 2.58 bits per heavy atom.